The summed E-state index contributed by atoms with van der Waals surface area (Å²) in [6.07, 6.45) is 2.09. The highest BCUT2D eigenvalue weighted by Crippen LogP contribution is 2.32. The largest absolute Gasteiger partial charge is 0.0905 e. The lowest BCUT2D eigenvalue weighted by Gasteiger charge is -2.19. The van der Waals surface area contributed by atoms with Crippen LogP contribution in [-0.2, 0) is 12.8 Å². The molecule has 0 saturated heterocycles. The molecule has 104 valence electrons. The number of hydrogen-bond donors (Lipinski definition) is 0. The van der Waals surface area contributed by atoms with Crippen molar-refractivity contribution in [3.8, 4) is 0 Å². The van der Waals surface area contributed by atoms with Gasteiger partial charge in [0.05, 0.1) is 0 Å². The number of hydrogen-bond acceptors (Lipinski definition) is 0. The Morgan fingerprint density at radius 2 is 1.20 bits per heavy atom. The quantitative estimate of drug-likeness (QED) is 0.685. The predicted octanol–water partition coefficient (Wildman–Crippen LogP) is 5.49. The molecule has 0 heteroatoms. The minimum Gasteiger partial charge on any atom is -0.0905 e. The van der Waals surface area contributed by atoms with Gasteiger partial charge in [-0.2, -0.15) is 0 Å². The van der Waals surface area contributed by atoms with E-state index in [2.05, 4.69) is 70.7 Å². The van der Waals surface area contributed by atoms with Crippen LogP contribution in [0.1, 0.15) is 47.2 Å². The third kappa shape index (κ3) is 2.56. The minimum atomic E-state index is 1.05. The first-order chi connectivity index (χ1) is 9.60. The van der Waals surface area contributed by atoms with Gasteiger partial charge in [-0.1, -0.05) is 56.8 Å². The monoisotopic (exact) mass is 264 g/mol. The molecule has 0 nitrogen and oxygen atoms in total. The Kier molecular flexibility index (Phi) is 4.44. The average molecular weight is 264 g/mol. The molecule has 0 fully saturated rings. The average Bonchev–Trinajstić information content (AvgIpc) is 2.45. The maximum absolute atomic E-state index is 4.43. The zero-order valence-electron chi connectivity index (χ0n) is 13.1. The van der Waals surface area contributed by atoms with Crippen LogP contribution in [0.5, 0.6) is 0 Å². The summed E-state index contributed by atoms with van der Waals surface area (Å²) in [5.41, 5.74) is 9.26. The SMILES string of the molecule is C=C(c1c(C)cccc1CC)c1c(C)cccc1CC. The number of benzene rings is 2. The van der Waals surface area contributed by atoms with E-state index in [0.29, 0.717) is 0 Å². The number of rotatable bonds is 4. The van der Waals surface area contributed by atoms with Crippen molar-refractivity contribution in [1.29, 1.82) is 0 Å². The van der Waals surface area contributed by atoms with Gasteiger partial charge in [0.2, 0.25) is 0 Å². The molecule has 0 aliphatic rings. The van der Waals surface area contributed by atoms with Crippen molar-refractivity contribution in [3.05, 3.63) is 76.4 Å². The first kappa shape index (κ1) is 14.6. The van der Waals surface area contributed by atoms with E-state index >= 15 is 0 Å². The first-order valence-corrected chi connectivity index (χ1v) is 7.46. The zero-order chi connectivity index (χ0) is 14.7. The van der Waals surface area contributed by atoms with Crippen molar-refractivity contribution >= 4 is 5.57 Å². The summed E-state index contributed by atoms with van der Waals surface area (Å²) in [4.78, 5) is 0. The van der Waals surface area contributed by atoms with Crippen molar-refractivity contribution < 1.29 is 0 Å². The second-order valence-corrected chi connectivity index (χ2v) is 5.40. The highest BCUT2D eigenvalue weighted by molar-refractivity contribution is 5.84. The van der Waals surface area contributed by atoms with Crippen LogP contribution in [0.4, 0.5) is 0 Å². The van der Waals surface area contributed by atoms with E-state index < -0.39 is 0 Å². The van der Waals surface area contributed by atoms with Crippen molar-refractivity contribution in [2.75, 3.05) is 0 Å². The molecule has 0 amide bonds. The molecule has 0 aromatic heterocycles. The van der Waals surface area contributed by atoms with Crippen molar-refractivity contribution in [3.63, 3.8) is 0 Å². The Balaban J connectivity index is 2.64. The van der Waals surface area contributed by atoms with E-state index in [-0.39, 0.29) is 0 Å². The summed E-state index contributed by atoms with van der Waals surface area (Å²) in [6, 6.07) is 13.1. The molecular formula is C20H24. The molecule has 0 aliphatic carbocycles. The van der Waals surface area contributed by atoms with Gasteiger partial charge in [0.25, 0.3) is 0 Å². The van der Waals surface area contributed by atoms with Gasteiger partial charge in [-0.25, -0.2) is 0 Å². The molecule has 0 N–H and O–H groups in total. The molecule has 2 rings (SSSR count). The molecule has 0 aliphatic heterocycles. The lowest BCUT2D eigenvalue weighted by Crippen LogP contribution is -2.01. The maximum Gasteiger partial charge on any atom is -0.0122 e. The molecule has 0 bridgehead atoms. The van der Waals surface area contributed by atoms with Gasteiger partial charge in [0.1, 0.15) is 0 Å². The predicted molar refractivity (Wildman–Crippen MR) is 89.3 cm³/mol. The van der Waals surface area contributed by atoms with Gasteiger partial charge in [-0.15, -0.1) is 0 Å². The molecule has 0 spiro atoms. The molecular weight excluding hydrogens is 240 g/mol. The highest BCUT2D eigenvalue weighted by Gasteiger charge is 2.14. The molecule has 0 atom stereocenters. The van der Waals surface area contributed by atoms with Gasteiger partial charge < -0.3 is 0 Å². The van der Waals surface area contributed by atoms with Crippen LogP contribution in [0.2, 0.25) is 0 Å². The maximum atomic E-state index is 4.43. The van der Waals surface area contributed by atoms with E-state index in [4.69, 9.17) is 0 Å². The molecule has 0 heterocycles. The lowest BCUT2D eigenvalue weighted by atomic mass is 9.86. The fourth-order valence-electron chi connectivity index (χ4n) is 3.03. The fraction of sp³-hybridized carbons (Fsp3) is 0.300. The third-order valence-electron chi connectivity index (χ3n) is 4.08. The summed E-state index contributed by atoms with van der Waals surface area (Å²) in [5, 5.41) is 0. The second kappa shape index (κ2) is 6.09. The van der Waals surface area contributed by atoms with Crippen molar-refractivity contribution in [2.45, 2.75) is 40.5 Å². The highest BCUT2D eigenvalue weighted by atomic mass is 14.2. The van der Waals surface area contributed by atoms with Crippen LogP contribution in [-0.4, -0.2) is 0 Å². The van der Waals surface area contributed by atoms with Gasteiger partial charge >= 0.3 is 0 Å². The summed E-state index contributed by atoms with van der Waals surface area (Å²) < 4.78 is 0. The Bertz CT molecular complexity index is 577. The van der Waals surface area contributed by atoms with Crippen LogP contribution in [0.25, 0.3) is 5.57 Å². The summed E-state index contributed by atoms with van der Waals surface area (Å²) in [5.74, 6) is 0. The van der Waals surface area contributed by atoms with Crippen LogP contribution < -0.4 is 0 Å². The minimum absolute atomic E-state index is 1.05. The molecule has 20 heavy (non-hydrogen) atoms. The zero-order valence-corrected chi connectivity index (χ0v) is 13.1. The van der Waals surface area contributed by atoms with Gasteiger partial charge in [-0.05, 0) is 65.6 Å². The fourth-order valence-corrected chi connectivity index (χ4v) is 3.03. The van der Waals surface area contributed by atoms with Gasteiger partial charge in [0.15, 0.2) is 0 Å². The van der Waals surface area contributed by atoms with E-state index in [9.17, 15) is 0 Å². The summed E-state index contributed by atoms with van der Waals surface area (Å²) in [7, 11) is 0. The lowest BCUT2D eigenvalue weighted by molar-refractivity contribution is 1.10. The van der Waals surface area contributed by atoms with Crippen molar-refractivity contribution in [2.24, 2.45) is 0 Å². The van der Waals surface area contributed by atoms with Crippen LogP contribution in [0.15, 0.2) is 43.0 Å². The van der Waals surface area contributed by atoms with Crippen LogP contribution in [0, 0.1) is 13.8 Å². The second-order valence-electron chi connectivity index (χ2n) is 5.40. The molecule has 2 aromatic rings. The first-order valence-electron chi connectivity index (χ1n) is 7.46. The van der Waals surface area contributed by atoms with Crippen LogP contribution >= 0.6 is 0 Å². The Morgan fingerprint density at radius 1 is 0.800 bits per heavy atom. The molecule has 2 aromatic carbocycles. The van der Waals surface area contributed by atoms with E-state index in [0.717, 1.165) is 12.8 Å². The van der Waals surface area contributed by atoms with Gasteiger partial charge in [-0.3, -0.25) is 0 Å². The smallest absolute Gasteiger partial charge is 0.0122 e. The molecule has 0 saturated carbocycles. The Morgan fingerprint density at radius 3 is 1.55 bits per heavy atom. The summed E-state index contributed by atoms with van der Waals surface area (Å²) in [6.45, 7) is 13.2. The van der Waals surface area contributed by atoms with E-state index in [1.165, 1.54) is 39.0 Å². The van der Waals surface area contributed by atoms with E-state index in [1.807, 2.05) is 0 Å². The van der Waals surface area contributed by atoms with Crippen LogP contribution in [0.3, 0.4) is 0 Å². The normalized spacial score (nSPS) is 10.6. The molecule has 0 radical (unpaired) electrons. The standard InChI is InChI=1S/C20H24/c1-6-17-12-8-10-14(3)19(17)16(5)20-15(4)11-9-13-18(20)7-2/h8-13H,5-7H2,1-4H3. The number of aryl methyl sites for hydroxylation is 4. The van der Waals surface area contributed by atoms with Crippen molar-refractivity contribution in [1.82, 2.24) is 0 Å². The molecule has 0 unspecified atom stereocenters. The van der Waals surface area contributed by atoms with E-state index in [1.54, 1.807) is 0 Å². The summed E-state index contributed by atoms with van der Waals surface area (Å²) >= 11 is 0. The Labute approximate surface area is 123 Å². The third-order valence-corrected chi connectivity index (χ3v) is 4.08. The van der Waals surface area contributed by atoms with Gasteiger partial charge in [0, 0.05) is 0 Å². The topological polar surface area (TPSA) is 0 Å². The Hall–Kier alpha value is -1.82.